The molecule has 0 fully saturated rings. The van der Waals surface area contributed by atoms with Gasteiger partial charge in [-0.25, -0.2) is 4.39 Å². The SMILES string of the molecule is CC(=N)Sc1cccc(F)c1. The molecule has 0 aliphatic heterocycles. The summed E-state index contributed by atoms with van der Waals surface area (Å²) in [5.41, 5.74) is 0. The number of thioether (sulfide) groups is 1. The lowest BCUT2D eigenvalue weighted by molar-refractivity contribution is 0.624. The predicted octanol–water partition coefficient (Wildman–Crippen LogP) is 2.91. The smallest absolute Gasteiger partial charge is 0.124 e. The lowest BCUT2D eigenvalue weighted by Gasteiger charge is -1.96. The Balaban J connectivity index is 2.79. The van der Waals surface area contributed by atoms with Crippen molar-refractivity contribution < 1.29 is 4.39 Å². The van der Waals surface area contributed by atoms with E-state index < -0.39 is 0 Å². The lowest BCUT2D eigenvalue weighted by Crippen LogP contribution is -1.80. The van der Waals surface area contributed by atoms with Crippen molar-refractivity contribution >= 4 is 16.8 Å². The summed E-state index contributed by atoms with van der Waals surface area (Å²) in [7, 11) is 0. The summed E-state index contributed by atoms with van der Waals surface area (Å²) < 4.78 is 12.5. The summed E-state index contributed by atoms with van der Waals surface area (Å²) in [6.45, 7) is 1.68. The second kappa shape index (κ2) is 3.53. The molecule has 3 heteroatoms. The molecule has 0 heterocycles. The number of halogens is 1. The maximum absolute atomic E-state index is 12.5. The van der Waals surface area contributed by atoms with Crippen molar-refractivity contribution in [2.24, 2.45) is 0 Å². The van der Waals surface area contributed by atoms with E-state index in [0.717, 1.165) is 4.90 Å². The van der Waals surface area contributed by atoms with Crippen LogP contribution >= 0.6 is 11.8 Å². The van der Waals surface area contributed by atoms with E-state index in [-0.39, 0.29) is 5.82 Å². The van der Waals surface area contributed by atoms with Crippen LogP contribution in [0.25, 0.3) is 0 Å². The molecule has 58 valence electrons. The van der Waals surface area contributed by atoms with E-state index >= 15 is 0 Å². The van der Waals surface area contributed by atoms with Crippen LogP contribution < -0.4 is 0 Å². The third-order valence-corrected chi connectivity index (χ3v) is 1.86. The van der Waals surface area contributed by atoms with Gasteiger partial charge in [0.25, 0.3) is 0 Å². The van der Waals surface area contributed by atoms with E-state index in [2.05, 4.69) is 0 Å². The Hall–Kier alpha value is -0.830. The fourth-order valence-electron chi connectivity index (χ4n) is 0.707. The number of rotatable bonds is 1. The second-order valence-electron chi connectivity index (χ2n) is 2.12. The third-order valence-electron chi connectivity index (χ3n) is 1.07. The maximum atomic E-state index is 12.5. The molecule has 0 atom stereocenters. The highest BCUT2D eigenvalue weighted by atomic mass is 32.2. The van der Waals surface area contributed by atoms with E-state index in [1.807, 2.05) is 0 Å². The van der Waals surface area contributed by atoms with Gasteiger partial charge in [-0.15, -0.1) is 0 Å². The second-order valence-corrected chi connectivity index (χ2v) is 3.40. The standard InChI is InChI=1S/C8H8FNS/c1-6(10)11-8-4-2-3-7(9)5-8/h2-5,10H,1H3. The largest absolute Gasteiger partial charge is 0.298 e. The summed E-state index contributed by atoms with van der Waals surface area (Å²) >= 11 is 1.26. The van der Waals surface area contributed by atoms with Crippen LogP contribution in [-0.2, 0) is 0 Å². The normalized spacial score (nSPS) is 9.64. The Bertz CT molecular complexity index is 273. The molecule has 0 unspecified atom stereocenters. The summed E-state index contributed by atoms with van der Waals surface area (Å²) in [6, 6.07) is 6.23. The van der Waals surface area contributed by atoms with Gasteiger partial charge in [-0.2, -0.15) is 0 Å². The molecule has 0 amide bonds. The molecule has 0 saturated carbocycles. The molecule has 0 spiro atoms. The van der Waals surface area contributed by atoms with Crippen molar-refractivity contribution in [1.29, 1.82) is 5.41 Å². The quantitative estimate of drug-likeness (QED) is 0.390. The molecule has 1 N–H and O–H groups in total. The minimum atomic E-state index is -0.253. The van der Waals surface area contributed by atoms with Gasteiger partial charge in [0, 0.05) is 4.90 Å². The Morgan fingerprint density at radius 1 is 1.55 bits per heavy atom. The van der Waals surface area contributed by atoms with E-state index in [1.165, 1.54) is 23.9 Å². The molecule has 1 aromatic carbocycles. The van der Waals surface area contributed by atoms with Crippen molar-refractivity contribution in [1.82, 2.24) is 0 Å². The van der Waals surface area contributed by atoms with Gasteiger partial charge in [-0.05, 0) is 25.1 Å². The molecule has 1 aromatic rings. The summed E-state index contributed by atoms with van der Waals surface area (Å²) in [6.07, 6.45) is 0. The van der Waals surface area contributed by atoms with Crippen LogP contribution in [0.2, 0.25) is 0 Å². The van der Waals surface area contributed by atoms with E-state index in [4.69, 9.17) is 5.41 Å². The van der Waals surface area contributed by atoms with Gasteiger partial charge in [-0.1, -0.05) is 17.8 Å². The first-order valence-corrected chi connectivity index (χ1v) is 3.99. The molecule has 11 heavy (non-hydrogen) atoms. The molecule has 0 aromatic heterocycles. The predicted molar refractivity (Wildman–Crippen MR) is 45.7 cm³/mol. The number of nitrogens with one attached hydrogen (secondary N) is 1. The zero-order valence-corrected chi connectivity index (χ0v) is 6.91. The van der Waals surface area contributed by atoms with Crippen molar-refractivity contribution in [3.05, 3.63) is 30.1 Å². The Morgan fingerprint density at radius 3 is 2.82 bits per heavy atom. The zero-order chi connectivity index (χ0) is 8.27. The van der Waals surface area contributed by atoms with Gasteiger partial charge in [0.15, 0.2) is 0 Å². The topological polar surface area (TPSA) is 23.9 Å². The molecule has 0 aliphatic rings. The lowest BCUT2D eigenvalue weighted by atomic mass is 10.4. The summed E-state index contributed by atoms with van der Waals surface area (Å²) in [4.78, 5) is 0.775. The highest BCUT2D eigenvalue weighted by Crippen LogP contribution is 2.18. The molecule has 0 aliphatic carbocycles. The van der Waals surface area contributed by atoms with Crippen molar-refractivity contribution in [2.45, 2.75) is 11.8 Å². The van der Waals surface area contributed by atoms with Crippen LogP contribution in [0.4, 0.5) is 4.39 Å². The molecule has 0 radical (unpaired) electrons. The number of hydrogen-bond donors (Lipinski definition) is 1. The Morgan fingerprint density at radius 2 is 2.27 bits per heavy atom. The minimum absolute atomic E-state index is 0.253. The van der Waals surface area contributed by atoms with Gasteiger partial charge in [0.05, 0.1) is 5.04 Å². The fraction of sp³-hybridized carbons (Fsp3) is 0.125. The van der Waals surface area contributed by atoms with Crippen molar-refractivity contribution in [3.63, 3.8) is 0 Å². The van der Waals surface area contributed by atoms with E-state index in [1.54, 1.807) is 19.1 Å². The average molecular weight is 169 g/mol. The first-order chi connectivity index (χ1) is 5.18. The van der Waals surface area contributed by atoms with Crippen LogP contribution in [0.15, 0.2) is 29.2 Å². The Kier molecular flexibility index (Phi) is 2.65. The van der Waals surface area contributed by atoms with Gasteiger partial charge < -0.3 is 0 Å². The van der Waals surface area contributed by atoms with Gasteiger partial charge in [-0.3, -0.25) is 5.41 Å². The highest BCUT2D eigenvalue weighted by molar-refractivity contribution is 8.13. The molecule has 1 rings (SSSR count). The third kappa shape index (κ3) is 2.72. The van der Waals surface area contributed by atoms with Crippen molar-refractivity contribution in [2.75, 3.05) is 0 Å². The number of benzene rings is 1. The number of hydrogen-bond acceptors (Lipinski definition) is 2. The van der Waals surface area contributed by atoms with Crippen LogP contribution in [0.5, 0.6) is 0 Å². The first kappa shape index (κ1) is 8.27. The van der Waals surface area contributed by atoms with E-state index in [9.17, 15) is 4.39 Å². The minimum Gasteiger partial charge on any atom is -0.298 e. The molecule has 1 nitrogen and oxygen atoms in total. The monoisotopic (exact) mass is 169 g/mol. The molecule has 0 bridgehead atoms. The van der Waals surface area contributed by atoms with Crippen molar-refractivity contribution in [3.8, 4) is 0 Å². The van der Waals surface area contributed by atoms with Gasteiger partial charge in [0.1, 0.15) is 5.82 Å². The first-order valence-electron chi connectivity index (χ1n) is 3.17. The summed E-state index contributed by atoms with van der Waals surface area (Å²) in [5, 5.41) is 7.61. The van der Waals surface area contributed by atoms with Crippen LogP contribution in [0.3, 0.4) is 0 Å². The van der Waals surface area contributed by atoms with Gasteiger partial charge in [0.2, 0.25) is 0 Å². The zero-order valence-electron chi connectivity index (χ0n) is 6.10. The summed E-state index contributed by atoms with van der Waals surface area (Å²) in [5.74, 6) is -0.253. The molecular formula is C8H8FNS. The van der Waals surface area contributed by atoms with Gasteiger partial charge >= 0.3 is 0 Å². The Labute approximate surface area is 69.1 Å². The molecule has 0 saturated heterocycles. The maximum Gasteiger partial charge on any atom is 0.124 e. The van der Waals surface area contributed by atoms with Crippen LogP contribution in [0, 0.1) is 11.2 Å². The average Bonchev–Trinajstić information content (AvgIpc) is 1.85. The van der Waals surface area contributed by atoms with Crippen LogP contribution in [-0.4, -0.2) is 5.04 Å². The highest BCUT2D eigenvalue weighted by Gasteiger charge is 1.95. The molecular weight excluding hydrogens is 161 g/mol. The van der Waals surface area contributed by atoms with Crippen LogP contribution in [0.1, 0.15) is 6.92 Å². The van der Waals surface area contributed by atoms with E-state index in [0.29, 0.717) is 5.04 Å². The fourth-order valence-corrected chi connectivity index (χ4v) is 1.38.